The second-order valence-electron chi connectivity index (χ2n) is 2.29. The first-order valence-electron chi connectivity index (χ1n) is 3.43. The Bertz CT molecular complexity index is 273. The maximum atomic E-state index is 5.57. The Morgan fingerprint density at radius 2 is 2.09 bits per heavy atom. The van der Waals surface area contributed by atoms with Gasteiger partial charge in [-0.1, -0.05) is 6.92 Å². The summed E-state index contributed by atoms with van der Waals surface area (Å²) in [6.07, 6.45) is 0.845. The van der Waals surface area contributed by atoms with Crippen molar-refractivity contribution in [2.45, 2.75) is 20.3 Å². The third-order valence-electron chi connectivity index (χ3n) is 1.46. The van der Waals surface area contributed by atoms with Crippen LogP contribution in [0.3, 0.4) is 0 Å². The summed E-state index contributed by atoms with van der Waals surface area (Å²) in [5, 5.41) is 0. The Labute approximate surface area is 74.2 Å². The molecule has 0 aromatic carbocycles. The van der Waals surface area contributed by atoms with Gasteiger partial charge in [-0.25, -0.2) is 9.97 Å². The lowest BCUT2D eigenvalue weighted by atomic mass is 10.3. The summed E-state index contributed by atoms with van der Waals surface area (Å²) in [5.41, 5.74) is 7.25. The molecule has 0 unspecified atom stereocenters. The molecule has 0 atom stereocenters. The summed E-state index contributed by atoms with van der Waals surface area (Å²) in [5.74, 6) is 0.519. The highest BCUT2D eigenvalue weighted by Crippen LogP contribution is 2.15. The number of rotatable bonds is 1. The zero-order valence-corrected chi connectivity index (χ0v) is 8.14. The summed E-state index contributed by atoms with van der Waals surface area (Å²) < 4.78 is 0.798. The topological polar surface area (TPSA) is 51.8 Å². The average Bonchev–Trinajstić information content (AvgIpc) is 1.97. The molecule has 0 aliphatic heterocycles. The van der Waals surface area contributed by atoms with Crippen molar-refractivity contribution in [3.63, 3.8) is 0 Å². The van der Waals surface area contributed by atoms with Crippen LogP contribution in [0.2, 0.25) is 0 Å². The Morgan fingerprint density at radius 3 is 2.64 bits per heavy atom. The minimum atomic E-state index is 0.519. The highest BCUT2D eigenvalue weighted by molar-refractivity contribution is 9.10. The molecule has 0 spiro atoms. The van der Waals surface area contributed by atoms with Crippen molar-refractivity contribution in [3.05, 3.63) is 16.0 Å². The van der Waals surface area contributed by atoms with Gasteiger partial charge in [0.1, 0.15) is 10.4 Å². The van der Waals surface area contributed by atoms with Crippen LogP contribution in [-0.4, -0.2) is 9.97 Å². The average molecular weight is 216 g/mol. The Hall–Kier alpha value is -0.640. The predicted octanol–water partition coefficient (Wildman–Crippen LogP) is 1.69. The molecule has 1 aromatic heterocycles. The largest absolute Gasteiger partial charge is 0.382 e. The molecule has 0 aliphatic rings. The van der Waals surface area contributed by atoms with Crippen molar-refractivity contribution in [2.24, 2.45) is 0 Å². The van der Waals surface area contributed by atoms with Gasteiger partial charge < -0.3 is 5.73 Å². The third kappa shape index (κ3) is 1.68. The van der Waals surface area contributed by atoms with E-state index in [-0.39, 0.29) is 0 Å². The van der Waals surface area contributed by atoms with Crippen molar-refractivity contribution in [1.82, 2.24) is 9.97 Å². The van der Waals surface area contributed by atoms with E-state index in [0.717, 1.165) is 22.4 Å². The highest BCUT2D eigenvalue weighted by atomic mass is 79.9. The molecule has 1 rings (SSSR count). The molecule has 1 aromatic rings. The third-order valence-corrected chi connectivity index (χ3v) is 2.10. The molecule has 0 radical (unpaired) electrons. The van der Waals surface area contributed by atoms with Gasteiger partial charge in [0.05, 0.1) is 11.4 Å². The van der Waals surface area contributed by atoms with E-state index < -0.39 is 0 Å². The van der Waals surface area contributed by atoms with Gasteiger partial charge in [0.2, 0.25) is 0 Å². The van der Waals surface area contributed by atoms with Crippen molar-refractivity contribution in [2.75, 3.05) is 5.73 Å². The van der Waals surface area contributed by atoms with E-state index in [0.29, 0.717) is 5.82 Å². The SMILES string of the molecule is CCc1nc(N)c(C)nc1Br. The molecule has 0 fully saturated rings. The number of aryl methyl sites for hydroxylation is 2. The molecule has 60 valence electrons. The lowest BCUT2D eigenvalue weighted by Crippen LogP contribution is -2.01. The fourth-order valence-corrected chi connectivity index (χ4v) is 1.40. The van der Waals surface area contributed by atoms with Gasteiger partial charge >= 0.3 is 0 Å². The van der Waals surface area contributed by atoms with Gasteiger partial charge in [0, 0.05) is 0 Å². The zero-order chi connectivity index (χ0) is 8.43. The highest BCUT2D eigenvalue weighted by Gasteiger charge is 2.03. The van der Waals surface area contributed by atoms with E-state index in [2.05, 4.69) is 25.9 Å². The van der Waals surface area contributed by atoms with Crippen LogP contribution in [-0.2, 0) is 6.42 Å². The van der Waals surface area contributed by atoms with E-state index in [1.54, 1.807) is 0 Å². The fraction of sp³-hybridized carbons (Fsp3) is 0.429. The van der Waals surface area contributed by atoms with Crippen molar-refractivity contribution < 1.29 is 0 Å². The summed E-state index contributed by atoms with van der Waals surface area (Å²) in [4.78, 5) is 8.33. The van der Waals surface area contributed by atoms with E-state index in [1.165, 1.54) is 0 Å². The molecule has 0 aliphatic carbocycles. The lowest BCUT2D eigenvalue weighted by molar-refractivity contribution is 0.963. The van der Waals surface area contributed by atoms with E-state index in [1.807, 2.05) is 13.8 Å². The molecular weight excluding hydrogens is 206 g/mol. The Balaban J connectivity index is 3.21. The molecule has 0 bridgehead atoms. The van der Waals surface area contributed by atoms with Gasteiger partial charge in [-0.15, -0.1) is 0 Å². The lowest BCUT2D eigenvalue weighted by Gasteiger charge is -2.02. The van der Waals surface area contributed by atoms with Crippen LogP contribution in [0.25, 0.3) is 0 Å². The summed E-state index contributed by atoms with van der Waals surface area (Å²) in [7, 11) is 0. The van der Waals surface area contributed by atoms with Crippen LogP contribution in [0, 0.1) is 6.92 Å². The van der Waals surface area contributed by atoms with E-state index >= 15 is 0 Å². The minimum Gasteiger partial charge on any atom is -0.382 e. The number of nitrogens with zero attached hydrogens (tertiary/aromatic N) is 2. The molecule has 0 saturated carbocycles. The van der Waals surface area contributed by atoms with Gasteiger partial charge in [0.25, 0.3) is 0 Å². The molecule has 4 heteroatoms. The molecule has 1 heterocycles. The first-order valence-corrected chi connectivity index (χ1v) is 4.23. The summed E-state index contributed by atoms with van der Waals surface area (Å²) in [6, 6.07) is 0. The smallest absolute Gasteiger partial charge is 0.145 e. The van der Waals surface area contributed by atoms with Crippen LogP contribution < -0.4 is 5.73 Å². The number of nitrogens with two attached hydrogens (primary N) is 1. The van der Waals surface area contributed by atoms with Gasteiger partial charge in [-0.05, 0) is 29.3 Å². The molecule has 0 saturated heterocycles. The standard InChI is InChI=1S/C7H10BrN3/c1-3-5-6(8)10-4(2)7(9)11-5/h3H2,1-2H3,(H2,9,11). The summed E-state index contributed by atoms with van der Waals surface area (Å²) in [6.45, 7) is 3.86. The number of anilines is 1. The Morgan fingerprint density at radius 1 is 1.45 bits per heavy atom. The quantitative estimate of drug-likeness (QED) is 0.777. The number of hydrogen-bond acceptors (Lipinski definition) is 3. The van der Waals surface area contributed by atoms with Gasteiger partial charge in [-0.3, -0.25) is 0 Å². The maximum Gasteiger partial charge on any atom is 0.145 e. The molecular formula is C7H10BrN3. The van der Waals surface area contributed by atoms with E-state index in [9.17, 15) is 0 Å². The number of aromatic nitrogens is 2. The second-order valence-corrected chi connectivity index (χ2v) is 3.04. The first-order chi connectivity index (χ1) is 5.15. The normalized spacial score (nSPS) is 10.1. The van der Waals surface area contributed by atoms with Gasteiger partial charge in [-0.2, -0.15) is 0 Å². The molecule has 0 amide bonds. The van der Waals surface area contributed by atoms with Crippen molar-refractivity contribution in [3.8, 4) is 0 Å². The molecule has 2 N–H and O–H groups in total. The van der Waals surface area contributed by atoms with Crippen LogP contribution in [0.15, 0.2) is 4.60 Å². The first kappa shape index (κ1) is 8.46. The zero-order valence-electron chi connectivity index (χ0n) is 6.56. The van der Waals surface area contributed by atoms with E-state index in [4.69, 9.17) is 5.73 Å². The number of halogens is 1. The molecule has 11 heavy (non-hydrogen) atoms. The second kappa shape index (κ2) is 3.17. The summed E-state index contributed by atoms with van der Waals surface area (Å²) >= 11 is 3.31. The maximum absolute atomic E-state index is 5.57. The van der Waals surface area contributed by atoms with Crippen molar-refractivity contribution >= 4 is 21.7 Å². The van der Waals surface area contributed by atoms with Crippen LogP contribution in [0.4, 0.5) is 5.82 Å². The van der Waals surface area contributed by atoms with Crippen LogP contribution in [0.5, 0.6) is 0 Å². The number of nitrogen functional groups attached to an aromatic ring is 1. The van der Waals surface area contributed by atoms with Crippen LogP contribution >= 0.6 is 15.9 Å². The number of hydrogen-bond donors (Lipinski definition) is 1. The van der Waals surface area contributed by atoms with Crippen molar-refractivity contribution in [1.29, 1.82) is 0 Å². The molecule has 3 nitrogen and oxygen atoms in total. The predicted molar refractivity (Wildman–Crippen MR) is 48.3 cm³/mol. The minimum absolute atomic E-state index is 0.519. The fourth-order valence-electron chi connectivity index (χ4n) is 0.766. The monoisotopic (exact) mass is 215 g/mol. The van der Waals surface area contributed by atoms with Gasteiger partial charge in [0.15, 0.2) is 0 Å². The van der Waals surface area contributed by atoms with Crippen LogP contribution in [0.1, 0.15) is 18.3 Å². The Kier molecular flexibility index (Phi) is 2.44.